The normalized spacial score (nSPS) is 11.0. The molecule has 0 amide bonds. The van der Waals surface area contributed by atoms with Gasteiger partial charge < -0.3 is 5.32 Å². The van der Waals surface area contributed by atoms with E-state index >= 15 is 0 Å². The lowest BCUT2D eigenvalue weighted by Gasteiger charge is -2.05. The summed E-state index contributed by atoms with van der Waals surface area (Å²) in [5.41, 5.74) is 4.43. The second-order valence-electron chi connectivity index (χ2n) is 7.04. The highest BCUT2D eigenvalue weighted by Crippen LogP contribution is 2.20. The molecule has 0 saturated heterocycles. The molecule has 1 aromatic heterocycles. The summed E-state index contributed by atoms with van der Waals surface area (Å²) in [6.07, 6.45) is 0.890. The van der Waals surface area contributed by atoms with Crippen LogP contribution in [0.1, 0.15) is 16.8 Å². The molecule has 6 heteroatoms. The van der Waals surface area contributed by atoms with Gasteiger partial charge in [0.2, 0.25) is 0 Å². The maximum atomic E-state index is 14.1. The smallest absolute Gasteiger partial charge is 0.128 e. The molecule has 0 aliphatic carbocycles. The third kappa shape index (κ3) is 5.12. The van der Waals surface area contributed by atoms with Gasteiger partial charge in [-0.25, -0.2) is 4.39 Å². The van der Waals surface area contributed by atoms with Gasteiger partial charge in [0.15, 0.2) is 0 Å². The zero-order valence-electron chi connectivity index (χ0n) is 16.4. The van der Waals surface area contributed by atoms with Crippen LogP contribution in [0.4, 0.5) is 4.39 Å². The average Bonchev–Trinajstić information content (AvgIpc) is 3.17. The number of hydrogen-bond donors (Lipinski definition) is 1. The summed E-state index contributed by atoms with van der Waals surface area (Å²) < 4.78 is 14.1. The van der Waals surface area contributed by atoms with E-state index in [1.54, 1.807) is 16.9 Å². The fraction of sp³-hybridized carbons (Fsp3) is 0.167. The summed E-state index contributed by atoms with van der Waals surface area (Å²) in [5.74, 6) is -0.251. The van der Waals surface area contributed by atoms with Crippen LogP contribution in [0.15, 0.2) is 78.9 Å². The molecule has 1 heterocycles. The van der Waals surface area contributed by atoms with Crippen LogP contribution in [0.3, 0.4) is 0 Å². The molecule has 0 fully saturated rings. The third-order valence-corrected chi connectivity index (χ3v) is 5.09. The van der Waals surface area contributed by atoms with Crippen molar-refractivity contribution in [1.82, 2.24) is 20.3 Å². The van der Waals surface area contributed by atoms with Crippen molar-refractivity contribution in [3.8, 4) is 11.3 Å². The molecule has 152 valence electrons. The summed E-state index contributed by atoms with van der Waals surface area (Å²) in [6, 6.07) is 24.5. The Balaban J connectivity index is 1.48. The number of halogens is 2. The summed E-state index contributed by atoms with van der Waals surface area (Å²) in [5, 5.41) is 13.5. The molecule has 0 aliphatic rings. The monoisotopic (exact) mass is 420 g/mol. The van der Waals surface area contributed by atoms with Gasteiger partial charge in [0.25, 0.3) is 0 Å². The van der Waals surface area contributed by atoms with Crippen LogP contribution in [-0.4, -0.2) is 21.5 Å². The molecular weight excluding hydrogens is 399 g/mol. The topological polar surface area (TPSA) is 42.7 Å². The summed E-state index contributed by atoms with van der Waals surface area (Å²) in [4.78, 5) is 1.57. The van der Waals surface area contributed by atoms with Crippen molar-refractivity contribution in [2.45, 2.75) is 19.5 Å². The number of rotatable bonds is 8. The maximum Gasteiger partial charge on any atom is 0.128 e. The molecule has 4 nitrogen and oxygen atoms in total. The van der Waals surface area contributed by atoms with E-state index in [4.69, 9.17) is 11.6 Å². The van der Waals surface area contributed by atoms with Crippen LogP contribution in [0.5, 0.6) is 0 Å². The van der Waals surface area contributed by atoms with Gasteiger partial charge in [0, 0.05) is 22.7 Å². The first-order valence-electron chi connectivity index (χ1n) is 9.87. The molecule has 0 spiro atoms. The molecule has 3 aromatic carbocycles. The highest BCUT2D eigenvalue weighted by molar-refractivity contribution is 6.30. The Morgan fingerprint density at radius 1 is 0.867 bits per heavy atom. The number of nitrogens with one attached hydrogen (secondary N) is 1. The van der Waals surface area contributed by atoms with Crippen LogP contribution in [-0.2, 0) is 19.5 Å². The highest BCUT2D eigenvalue weighted by Gasteiger charge is 2.14. The molecule has 1 N–H and O–H groups in total. The van der Waals surface area contributed by atoms with Gasteiger partial charge in [0.05, 0.1) is 6.54 Å². The van der Waals surface area contributed by atoms with Crippen LogP contribution in [0, 0.1) is 5.82 Å². The lowest BCUT2D eigenvalue weighted by atomic mass is 10.1. The predicted molar refractivity (Wildman–Crippen MR) is 118 cm³/mol. The summed E-state index contributed by atoms with van der Waals surface area (Å²) >= 11 is 5.94. The third-order valence-electron chi connectivity index (χ3n) is 4.84. The first-order valence-corrected chi connectivity index (χ1v) is 10.2. The second kappa shape index (κ2) is 9.65. The lowest BCUT2D eigenvalue weighted by Crippen LogP contribution is -2.17. The Morgan fingerprint density at radius 2 is 1.60 bits per heavy atom. The average molecular weight is 421 g/mol. The summed E-state index contributed by atoms with van der Waals surface area (Å²) in [6.45, 7) is 1.67. The van der Waals surface area contributed by atoms with E-state index in [2.05, 4.69) is 15.5 Å². The van der Waals surface area contributed by atoms with E-state index in [1.165, 1.54) is 11.6 Å². The van der Waals surface area contributed by atoms with Crippen molar-refractivity contribution < 1.29 is 4.39 Å². The number of benzene rings is 3. The van der Waals surface area contributed by atoms with Crippen molar-refractivity contribution in [3.05, 3.63) is 107 Å². The van der Waals surface area contributed by atoms with Crippen molar-refractivity contribution in [2.24, 2.45) is 0 Å². The molecule has 30 heavy (non-hydrogen) atoms. The quantitative estimate of drug-likeness (QED) is 0.402. The standard InChI is InChI=1S/C24H22ClFN4/c25-21-12-10-18(11-13-21)14-15-27-16-23-24(19-6-2-1-3-7-19)29-30(28-23)17-20-8-4-5-9-22(20)26/h1-13,27H,14-17H2. The maximum absolute atomic E-state index is 14.1. The Morgan fingerprint density at radius 3 is 2.37 bits per heavy atom. The Labute approximate surface area is 180 Å². The van der Waals surface area contributed by atoms with Crippen molar-refractivity contribution in [2.75, 3.05) is 6.54 Å². The molecule has 0 bridgehead atoms. The Bertz CT molecular complexity index is 1090. The van der Waals surface area contributed by atoms with E-state index in [0.29, 0.717) is 12.1 Å². The van der Waals surface area contributed by atoms with Crippen molar-refractivity contribution in [1.29, 1.82) is 0 Å². The number of hydrogen-bond acceptors (Lipinski definition) is 3. The largest absolute Gasteiger partial charge is 0.311 e. The van der Waals surface area contributed by atoms with Gasteiger partial charge >= 0.3 is 0 Å². The molecule has 0 unspecified atom stereocenters. The van der Waals surface area contributed by atoms with E-state index < -0.39 is 0 Å². The van der Waals surface area contributed by atoms with Crippen LogP contribution >= 0.6 is 11.6 Å². The van der Waals surface area contributed by atoms with Gasteiger partial charge in [-0.3, -0.25) is 0 Å². The van der Waals surface area contributed by atoms with E-state index in [1.807, 2.05) is 60.7 Å². The second-order valence-corrected chi connectivity index (χ2v) is 7.47. The number of nitrogens with zero attached hydrogens (tertiary/aromatic N) is 3. The van der Waals surface area contributed by atoms with Crippen LogP contribution in [0.25, 0.3) is 11.3 Å². The first-order chi connectivity index (χ1) is 14.7. The van der Waals surface area contributed by atoms with E-state index in [-0.39, 0.29) is 12.4 Å². The minimum atomic E-state index is -0.251. The van der Waals surface area contributed by atoms with Gasteiger partial charge in [-0.05, 0) is 36.7 Å². The zero-order valence-corrected chi connectivity index (χ0v) is 17.2. The van der Waals surface area contributed by atoms with Crippen molar-refractivity contribution in [3.63, 3.8) is 0 Å². The fourth-order valence-corrected chi connectivity index (χ4v) is 3.39. The zero-order chi connectivity index (χ0) is 20.8. The minimum absolute atomic E-state index is 0.251. The Hall–Kier alpha value is -3.02. The molecular formula is C24H22ClFN4. The van der Waals surface area contributed by atoms with Gasteiger partial charge in [-0.15, -0.1) is 0 Å². The first kappa shape index (κ1) is 20.3. The lowest BCUT2D eigenvalue weighted by molar-refractivity contribution is 0.543. The number of aromatic nitrogens is 3. The molecule has 0 atom stereocenters. The van der Waals surface area contributed by atoms with E-state index in [9.17, 15) is 4.39 Å². The SMILES string of the molecule is Fc1ccccc1Cn1nc(CNCCc2ccc(Cl)cc2)c(-c2ccccc2)n1. The highest BCUT2D eigenvalue weighted by atomic mass is 35.5. The van der Waals surface area contributed by atoms with Gasteiger partial charge in [-0.1, -0.05) is 72.3 Å². The predicted octanol–water partition coefficient (Wildman–Crippen LogP) is 5.12. The van der Waals surface area contributed by atoms with Gasteiger partial charge in [-0.2, -0.15) is 15.0 Å². The van der Waals surface area contributed by atoms with Gasteiger partial charge in [0.1, 0.15) is 17.2 Å². The Kier molecular flexibility index (Phi) is 6.52. The van der Waals surface area contributed by atoms with Crippen molar-refractivity contribution >= 4 is 11.6 Å². The van der Waals surface area contributed by atoms with E-state index in [0.717, 1.165) is 34.9 Å². The molecule has 4 aromatic rings. The molecule has 4 rings (SSSR count). The summed E-state index contributed by atoms with van der Waals surface area (Å²) in [7, 11) is 0. The molecule has 0 aliphatic heterocycles. The minimum Gasteiger partial charge on any atom is -0.311 e. The van der Waals surface area contributed by atoms with Crippen LogP contribution in [0.2, 0.25) is 5.02 Å². The molecule has 0 saturated carbocycles. The molecule has 0 radical (unpaired) electrons. The van der Waals surface area contributed by atoms with Crippen LogP contribution < -0.4 is 5.32 Å². The fourth-order valence-electron chi connectivity index (χ4n) is 3.26.